The lowest BCUT2D eigenvalue weighted by molar-refractivity contribution is -0.116. The molecule has 1 rings (SSSR count). The van der Waals surface area contributed by atoms with Crippen molar-refractivity contribution >= 4 is 12.0 Å². The minimum absolute atomic E-state index is 0.230. The van der Waals surface area contributed by atoms with Crippen LogP contribution < -0.4 is 5.32 Å². The van der Waals surface area contributed by atoms with Crippen molar-refractivity contribution in [2.24, 2.45) is 0 Å². The molecule has 19 heavy (non-hydrogen) atoms. The zero-order valence-corrected chi connectivity index (χ0v) is 11.5. The van der Waals surface area contributed by atoms with E-state index in [4.69, 9.17) is 4.74 Å². The molecule has 1 aromatic heterocycles. The second kappa shape index (κ2) is 6.17. The molecule has 0 aliphatic carbocycles. The monoisotopic (exact) mass is 265 g/mol. The summed E-state index contributed by atoms with van der Waals surface area (Å²) >= 11 is 0. The topological polar surface area (TPSA) is 73.2 Å². The van der Waals surface area contributed by atoms with Gasteiger partial charge in [-0.1, -0.05) is 6.58 Å². The Balaban J connectivity index is 2.50. The molecule has 0 saturated heterocycles. The Morgan fingerprint density at radius 1 is 1.53 bits per heavy atom. The Labute approximate surface area is 112 Å². The Hall–Kier alpha value is -2.11. The van der Waals surface area contributed by atoms with Gasteiger partial charge in [0.2, 0.25) is 5.91 Å². The fourth-order valence-electron chi connectivity index (χ4n) is 1.29. The molecule has 0 fully saturated rings. The molecule has 0 radical (unpaired) electrons. The molecular formula is C13H19N3O3. The van der Waals surface area contributed by atoms with Crippen LogP contribution in [0.2, 0.25) is 0 Å². The number of aromatic nitrogens is 2. The summed E-state index contributed by atoms with van der Waals surface area (Å²) < 4.78 is 6.49. The maximum absolute atomic E-state index is 11.7. The summed E-state index contributed by atoms with van der Waals surface area (Å²) in [6.45, 7) is 9.19. The largest absolute Gasteiger partial charge is 0.443 e. The van der Waals surface area contributed by atoms with Crippen LogP contribution >= 0.6 is 0 Å². The molecule has 6 heteroatoms. The van der Waals surface area contributed by atoms with E-state index in [1.165, 1.54) is 17.0 Å². The van der Waals surface area contributed by atoms with Gasteiger partial charge in [0.1, 0.15) is 11.9 Å². The molecule has 104 valence electrons. The lowest BCUT2D eigenvalue weighted by atomic mass is 10.2. The van der Waals surface area contributed by atoms with E-state index in [1.54, 1.807) is 27.0 Å². The molecule has 6 nitrogen and oxygen atoms in total. The van der Waals surface area contributed by atoms with Crippen molar-refractivity contribution in [3.05, 3.63) is 30.9 Å². The van der Waals surface area contributed by atoms with Gasteiger partial charge in [0.05, 0.1) is 5.69 Å². The molecule has 1 aromatic rings. The van der Waals surface area contributed by atoms with E-state index >= 15 is 0 Å². The number of imidazole rings is 1. The van der Waals surface area contributed by atoms with Gasteiger partial charge in [0.25, 0.3) is 0 Å². The van der Waals surface area contributed by atoms with E-state index in [0.29, 0.717) is 18.7 Å². The third-order valence-corrected chi connectivity index (χ3v) is 2.11. The summed E-state index contributed by atoms with van der Waals surface area (Å²) in [6.07, 6.45) is 4.27. The number of rotatable bonds is 4. The minimum Gasteiger partial charge on any atom is -0.443 e. The van der Waals surface area contributed by atoms with Gasteiger partial charge in [0, 0.05) is 19.2 Å². The molecule has 0 saturated carbocycles. The van der Waals surface area contributed by atoms with Crippen molar-refractivity contribution in [3.63, 3.8) is 0 Å². The summed E-state index contributed by atoms with van der Waals surface area (Å²) in [5, 5.41) is 2.64. The first-order valence-corrected chi connectivity index (χ1v) is 5.98. The zero-order chi connectivity index (χ0) is 14.5. The summed E-state index contributed by atoms with van der Waals surface area (Å²) in [6, 6.07) is 0. The molecule has 0 aliphatic heterocycles. The molecule has 1 N–H and O–H groups in total. The fraction of sp³-hybridized carbons (Fsp3) is 0.462. The Bertz CT molecular complexity index is 472. The van der Waals surface area contributed by atoms with E-state index in [2.05, 4.69) is 16.9 Å². The molecule has 0 unspecified atom stereocenters. The first-order chi connectivity index (χ1) is 8.81. The van der Waals surface area contributed by atoms with Crippen LogP contribution in [0.5, 0.6) is 0 Å². The first-order valence-electron chi connectivity index (χ1n) is 5.98. The summed E-state index contributed by atoms with van der Waals surface area (Å²) in [5.74, 6) is -0.230. The van der Waals surface area contributed by atoms with Crippen LogP contribution in [0.1, 0.15) is 26.5 Å². The number of ether oxygens (including phenoxy) is 1. The molecule has 0 aliphatic rings. The highest BCUT2D eigenvalue weighted by atomic mass is 16.6. The van der Waals surface area contributed by atoms with Gasteiger partial charge in [-0.2, -0.15) is 0 Å². The van der Waals surface area contributed by atoms with Crippen molar-refractivity contribution in [3.8, 4) is 0 Å². The predicted octanol–water partition coefficient (Wildman–Crippen LogP) is 1.51. The van der Waals surface area contributed by atoms with Crippen molar-refractivity contribution in [1.29, 1.82) is 0 Å². The van der Waals surface area contributed by atoms with E-state index in [9.17, 15) is 9.59 Å². The normalized spacial score (nSPS) is 10.9. The number of hydrogen-bond donors (Lipinski definition) is 1. The Morgan fingerprint density at radius 2 is 2.21 bits per heavy atom. The van der Waals surface area contributed by atoms with Crippen LogP contribution in [0.4, 0.5) is 4.79 Å². The third-order valence-electron chi connectivity index (χ3n) is 2.11. The molecule has 0 atom stereocenters. The molecule has 0 spiro atoms. The second-order valence-electron chi connectivity index (χ2n) is 5.00. The molecule has 0 aromatic carbocycles. The quantitative estimate of drug-likeness (QED) is 0.837. The smallest absolute Gasteiger partial charge is 0.419 e. The highest BCUT2D eigenvalue weighted by Crippen LogP contribution is 2.09. The minimum atomic E-state index is -0.542. The highest BCUT2D eigenvalue weighted by molar-refractivity contribution is 5.86. The van der Waals surface area contributed by atoms with Crippen LogP contribution in [0, 0.1) is 0 Å². The van der Waals surface area contributed by atoms with Crippen LogP contribution in [-0.4, -0.2) is 33.7 Å². The van der Waals surface area contributed by atoms with Crippen molar-refractivity contribution in [1.82, 2.24) is 14.9 Å². The number of nitrogens with zero attached hydrogens (tertiary/aromatic N) is 2. The van der Waals surface area contributed by atoms with Crippen molar-refractivity contribution in [2.45, 2.75) is 32.8 Å². The van der Waals surface area contributed by atoms with Crippen LogP contribution in [0.25, 0.3) is 0 Å². The SMILES string of the molecule is C=CC(=O)NCCc1cn(C(=O)OC(C)(C)C)cn1. The Morgan fingerprint density at radius 3 is 2.79 bits per heavy atom. The van der Waals surface area contributed by atoms with Crippen LogP contribution in [0.3, 0.4) is 0 Å². The number of carbonyl (C=O) groups excluding carboxylic acids is 2. The Kier molecular flexibility index (Phi) is 4.86. The van der Waals surface area contributed by atoms with Gasteiger partial charge in [-0.05, 0) is 26.8 Å². The molecular weight excluding hydrogens is 246 g/mol. The second-order valence-corrected chi connectivity index (χ2v) is 5.00. The summed E-state index contributed by atoms with van der Waals surface area (Å²) in [7, 11) is 0. The zero-order valence-electron chi connectivity index (χ0n) is 11.5. The van der Waals surface area contributed by atoms with Crippen molar-refractivity contribution < 1.29 is 14.3 Å². The molecule has 1 heterocycles. The van der Waals surface area contributed by atoms with Crippen molar-refractivity contribution in [2.75, 3.05) is 6.54 Å². The van der Waals surface area contributed by atoms with E-state index in [1.807, 2.05) is 0 Å². The number of amides is 1. The fourth-order valence-corrected chi connectivity index (χ4v) is 1.29. The average molecular weight is 265 g/mol. The van der Waals surface area contributed by atoms with Crippen LogP contribution in [-0.2, 0) is 16.0 Å². The first kappa shape index (κ1) is 14.9. The third kappa shape index (κ3) is 5.37. The van der Waals surface area contributed by atoms with E-state index < -0.39 is 11.7 Å². The summed E-state index contributed by atoms with van der Waals surface area (Å²) in [4.78, 5) is 26.7. The standard InChI is InChI=1S/C13H19N3O3/c1-5-11(17)14-7-6-10-8-16(9-15-10)12(18)19-13(2,3)4/h5,8-9H,1,6-7H2,2-4H3,(H,14,17). The summed E-state index contributed by atoms with van der Waals surface area (Å²) in [5.41, 5.74) is 0.162. The van der Waals surface area contributed by atoms with E-state index in [0.717, 1.165) is 0 Å². The van der Waals surface area contributed by atoms with Gasteiger partial charge in [-0.25, -0.2) is 14.3 Å². The van der Waals surface area contributed by atoms with E-state index in [-0.39, 0.29) is 5.91 Å². The van der Waals surface area contributed by atoms with Gasteiger partial charge in [-0.3, -0.25) is 4.79 Å². The number of nitrogens with one attached hydrogen (secondary N) is 1. The van der Waals surface area contributed by atoms with Gasteiger partial charge in [0.15, 0.2) is 0 Å². The number of carbonyl (C=O) groups is 2. The predicted molar refractivity (Wildman–Crippen MR) is 70.8 cm³/mol. The average Bonchev–Trinajstić information content (AvgIpc) is 2.75. The maximum Gasteiger partial charge on any atom is 0.419 e. The lowest BCUT2D eigenvalue weighted by Crippen LogP contribution is -2.26. The van der Waals surface area contributed by atoms with Gasteiger partial charge < -0.3 is 10.1 Å². The highest BCUT2D eigenvalue weighted by Gasteiger charge is 2.17. The molecule has 1 amide bonds. The van der Waals surface area contributed by atoms with Gasteiger partial charge >= 0.3 is 6.09 Å². The van der Waals surface area contributed by atoms with Crippen LogP contribution in [0.15, 0.2) is 25.2 Å². The molecule has 0 bridgehead atoms. The van der Waals surface area contributed by atoms with Gasteiger partial charge in [-0.15, -0.1) is 0 Å². The lowest BCUT2D eigenvalue weighted by Gasteiger charge is -2.19. The number of hydrogen-bond acceptors (Lipinski definition) is 4. The maximum atomic E-state index is 11.7.